The molecule has 1 atom stereocenters. The van der Waals surface area contributed by atoms with E-state index in [2.05, 4.69) is 20.3 Å². The topological polar surface area (TPSA) is 100 Å². The number of hydrogen-bond donors (Lipinski definition) is 2. The van der Waals surface area contributed by atoms with Crippen LogP contribution in [-0.4, -0.2) is 51.5 Å². The highest BCUT2D eigenvalue weighted by Gasteiger charge is 2.23. The molecule has 0 saturated heterocycles. The van der Waals surface area contributed by atoms with E-state index in [-0.39, 0.29) is 30.4 Å². The molecule has 0 radical (unpaired) electrons. The number of imidazole rings is 1. The summed E-state index contributed by atoms with van der Waals surface area (Å²) in [7, 11) is 1.64. The Morgan fingerprint density at radius 3 is 2.75 bits per heavy atom. The van der Waals surface area contributed by atoms with Crippen LogP contribution in [0.15, 0.2) is 67.3 Å². The van der Waals surface area contributed by atoms with Crippen LogP contribution in [-0.2, 0) is 22.4 Å². The van der Waals surface area contributed by atoms with E-state index >= 15 is 0 Å². The molecule has 0 saturated carbocycles. The standard InChI is InChI=1S/C26H25ClFN5O3/c1-33(24(34)10-9-17-7-4-8-22(28)25(17)27)21(12-20-14-29-16-31-20)15-36-26(35)32-23-11-18-5-2-3-6-19(18)13-30-23/h2-8,11,13-14,16,21H,9-10,12,15H2,1H3,(H,29,31)(H,30,32,35)/t21-/m0/s1. The minimum Gasteiger partial charge on any atom is -0.447 e. The minimum atomic E-state index is -0.681. The number of fused-ring (bicyclic) bond motifs is 1. The molecule has 0 spiro atoms. The van der Waals surface area contributed by atoms with Gasteiger partial charge in [-0.1, -0.05) is 48.0 Å². The number of aromatic nitrogens is 3. The van der Waals surface area contributed by atoms with Crippen LogP contribution in [0.2, 0.25) is 5.02 Å². The number of benzene rings is 2. The Hall–Kier alpha value is -3.98. The maximum absolute atomic E-state index is 13.7. The summed E-state index contributed by atoms with van der Waals surface area (Å²) in [6.45, 7) is -0.0542. The summed E-state index contributed by atoms with van der Waals surface area (Å²) in [6.07, 6.45) is 4.97. The van der Waals surface area contributed by atoms with Crippen molar-refractivity contribution in [1.82, 2.24) is 19.9 Å². The second-order valence-electron chi connectivity index (χ2n) is 8.29. The van der Waals surface area contributed by atoms with E-state index in [1.54, 1.807) is 44.0 Å². The van der Waals surface area contributed by atoms with Crippen molar-refractivity contribution in [3.63, 3.8) is 0 Å². The van der Waals surface area contributed by atoms with Crippen molar-refractivity contribution in [2.24, 2.45) is 0 Å². The van der Waals surface area contributed by atoms with Gasteiger partial charge in [-0.25, -0.2) is 19.2 Å². The lowest BCUT2D eigenvalue weighted by molar-refractivity contribution is -0.132. The molecule has 0 aliphatic rings. The molecule has 0 aliphatic carbocycles. The van der Waals surface area contributed by atoms with E-state index in [4.69, 9.17) is 16.3 Å². The van der Waals surface area contributed by atoms with Gasteiger partial charge in [0, 0.05) is 43.4 Å². The van der Waals surface area contributed by atoms with Gasteiger partial charge in [-0.15, -0.1) is 0 Å². The number of rotatable bonds is 9. The van der Waals surface area contributed by atoms with Gasteiger partial charge in [-0.2, -0.15) is 0 Å². The lowest BCUT2D eigenvalue weighted by Gasteiger charge is -2.28. The number of halogens is 2. The van der Waals surface area contributed by atoms with Gasteiger partial charge in [0.2, 0.25) is 5.91 Å². The number of nitrogens with one attached hydrogen (secondary N) is 2. The maximum atomic E-state index is 13.7. The quantitative estimate of drug-likeness (QED) is 0.330. The zero-order valence-corrected chi connectivity index (χ0v) is 20.3. The molecule has 2 heterocycles. The van der Waals surface area contributed by atoms with E-state index in [1.807, 2.05) is 24.3 Å². The molecule has 4 rings (SSSR count). The fourth-order valence-corrected chi connectivity index (χ4v) is 4.01. The van der Waals surface area contributed by atoms with Crippen molar-refractivity contribution >= 4 is 40.2 Å². The molecule has 10 heteroatoms. The fourth-order valence-electron chi connectivity index (χ4n) is 3.79. The van der Waals surface area contributed by atoms with Crippen molar-refractivity contribution in [2.45, 2.75) is 25.3 Å². The molecular formula is C26H25ClFN5O3. The first-order valence-electron chi connectivity index (χ1n) is 11.3. The van der Waals surface area contributed by atoms with E-state index in [9.17, 15) is 14.0 Å². The number of likely N-dealkylation sites (N-methyl/N-ethyl adjacent to an activating group) is 1. The summed E-state index contributed by atoms with van der Waals surface area (Å²) in [5, 5.41) is 4.53. The zero-order valence-electron chi connectivity index (χ0n) is 19.6. The molecule has 2 N–H and O–H groups in total. The first-order chi connectivity index (χ1) is 17.4. The smallest absolute Gasteiger partial charge is 0.412 e. The Bertz CT molecular complexity index is 1350. The zero-order chi connectivity index (χ0) is 25.5. The predicted molar refractivity (Wildman–Crippen MR) is 135 cm³/mol. The Labute approximate surface area is 212 Å². The number of ether oxygens (including phenoxy) is 1. The summed E-state index contributed by atoms with van der Waals surface area (Å²) in [4.78, 5) is 38.2. The van der Waals surface area contributed by atoms with Gasteiger partial charge in [0.1, 0.15) is 18.2 Å². The molecule has 0 bridgehead atoms. The number of aromatic amines is 1. The summed E-state index contributed by atoms with van der Waals surface area (Å²) >= 11 is 6.02. The van der Waals surface area contributed by atoms with Gasteiger partial charge in [0.05, 0.1) is 17.4 Å². The lowest BCUT2D eigenvalue weighted by atomic mass is 10.1. The second kappa shape index (κ2) is 11.6. The van der Waals surface area contributed by atoms with Crippen LogP contribution in [0.4, 0.5) is 15.0 Å². The molecule has 0 fully saturated rings. The van der Waals surface area contributed by atoms with E-state index < -0.39 is 18.0 Å². The third kappa shape index (κ3) is 6.37. The van der Waals surface area contributed by atoms with E-state index in [1.165, 1.54) is 11.0 Å². The number of aryl methyl sites for hydroxylation is 1. The summed E-state index contributed by atoms with van der Waals surface area (Å²) < 4.78 is 19.2. The molecule has 8 nitrogen and oxygen atoms in total. The normalized spacial score (nSPS) is 11.8. The number of carbonyl (C=O) groups excluding carboxylic acids is 2. The van der Waals surface area contributed by atoms with Crippen LogP contribution in [0.3, 0.4) is 0 Å². The van der Waals surface area contributed by atoms with Crippen LogP contribution in [0.25, 0.3) is 10.8 Å². The van der Waals surface area contributed by atoms with Crippen LogP contribution >= 0.6 is 11.6 Å². The number of anilines is 1. The van der Waals surface area contributed by atoms with Crippen molar-refractivity contribution in [3.8, 4) is 0 Å². The van der Waals surface area contributed by atoms with E-state index in [0.717, 1.165) is 16.5 Å². The molecular weight excluding hydrogens is 485 g/mol. The molecule has 2 aromatic carbocycles. The number of hydrogen-bond acceptors (Lipinski definition) is 5. The second-order valence-corrected chi connectivity index (χ2v) is 8.67. The number of H-pyrrole nitrogens is 1. The van der Waals surface area contributed by atoms with Gasteiger partial charge >= 0.3 is 6.09 Å². The molecule has 4 aromatic rings. The molecule has 0 aliphatic heterocycles. The third-order valence-electron chi connectivity index (χ3n) is 5.86. The van der Waals surface area contributed by atoms with Crippen molar-refractivity contribution in [1.29, 1.82) is 0 Å². The van der Waals surface area contributed by atoms with Crippen molar-refractivity contribution < 1.29 is 18.7 Å². The third-order valence-corrected chi connectivity index (χ3v) is 6.28. The first kappa shape index (κ1) is 25.1. The largest absolute Gasteiger partial charge is 0.447 e. The number of nitrogens with zero attached hydrogens (tertiary/aromatic N) is 3. The molecule has 2 amide bonds. The average Bonchev–Trinajstić information content (AvgIpc) is 3.40. The Balaban J connectivity index is 1.38. The first-order valence-corrected chi connectivity index (χ1v) is 11.7. The van der Waals surface area contributed by atoms with Crippen LogP contribution in [0, 0.1) is 5.82 Å². The molecule has 0 unspecified atom stereocenters. The number of carbonyl (C=O) groups is 2. The SMILES string of the molecule is CN(C(=O)CCc1cccc(F)c1Cl)[C@H](COC(=O)Nc1cc2ccccc2cn1)Cc1cnc[nH]1. The molecule has 36 heavy (non-hydrogen) atoms. The van der Waals surface area contributed by atoms with Crippen molar-refractivity contribution in [3.05, 3.63) is 89.3 Å². The monoisotopic (exact) mass is 509 g/mol. The van der Waals surface area contributed by atoms with Crippen LogP contribution in [0.5, 0.6) is 0 Å². The van der Waals surface area contributed by atoms with Gasteiger partial charge in [0.25, 0.3) is 0 Å². The average molecular weight is 510 g/mol. The Morgan fingerprint density at radius 1 is 1.17 bits per heavy atom. The summed E-state index contributed by atoms with van der Waals surface area (Å²) in [6, 6.07) is 13.5. The summed E-state index contributed by atoms with van der Waals surface area (Å²) in [5.41, 5.74) is 1.34. The van der Waals surface area contributed by atoms with E-state index in [0.29, 0.717) is 17.8 Å². The lowest BCUT2D eigenvalue weighted by Crippen LogP contribution is -2.42. The number of pyridine rings is 1. The van der Waals surface area contributed by atoms with Gasteiger partial charge in [-0.05, 0) is 29.5 Å². The van der Waals surface area contributed by atoms with Gasteiger partial charge < -0.3 is 14.6 Å². The summed E-state index contributed by atoms with van der Waals surface area (Å²) in [5.74, 6) is -0.354. The van der Waals surface area contributed by atoms with Crippen molar-refractivity contribution in [2.75, 3.05) is 19.0 Å². The Kier molecular flexibility index (Phi) is 8.12. The highest BCUT2D eigenvalue weighted by atomic mass is 35.5. The predicted octanol–water partition coefficient (Wildman–Crippen LogP) is 5.00. The van der Waals surface area contributed by atoms with Crippen LogP contribution < -0.4 is 5.32 Å². The fraction of sp³-hybridized carbons (Fsp3) is 0.231. The van der Waals surface area contributed by atoms with Gasteiger partial charge in [0.15, 0.2) is 0 Å². The molecule has 186 valence electrons. The minimum absolute atomic E-state index is 0.0178. The maximum Gasteiger partial charge on any atom is 0.412 e. The highest BCUT2D eigenvalue weighted by molar-refractivity contribution is 6.31. The highest BCUT2D eigenvalue weighted by Crippen LogP contribution is 2.21. The van der Waals surface area contributed by atoms with Crippen LogP contribution in [0.1, 0.15) is 17.7 Å². The Morgan fingerprint density at radius 2 is 1.97 bits per heavy atom. The number of amides is 2. The van der Waals surface area contributed by atoms with Gasteiger partial charge in [-0.3, -0.25) is 10.1 Å². The molecule has 2 aromatic heterocycles.